The molecule has 1 aliphatic rings. The third-order valence-electron chi connectivity index (χ3n) is 2.41. The Bertz CT molecular complexity index is 417. The van der Waals surface area contributed by atoms with Crippen LogP contribution in [0.4, 0.5) is 8.78 Å². The van der Waals surface area contributed by atoms with Gasteiger partial charge in [0.05, 0.1) is 10.5 Å². The highest BCUT2D eigenvalue weighted by molar-refractivity contribution is 5.27. The average Bonchev–Trinajstić information content (AvgIpc) is 2.79. The molecule has 0 unspecified atom stereocenters. The maximum atomic E-state index is 13.2. The molecule has 4 nitrogen and oxygen atoms in total. The lowest BCUT2D eigenvalue weighted by molar-refractivity contribution is -0.558. The van der Waals surface area contributed by atoms with Crippen LogP contribution < -0.4 is 0 Å². The van der Waals surface area contributed by atoms with Crippen LogP contribution in [0.2, 0.25) is 0 Å². The molecule has 1 saturated heterocycles. The summed E-state index contributed by atoms with van der Waals surface area (Å²) < 4.78 is 31.1. The van der Waals surface area contributed by atoms with Gasteiger partial charge in [0.15, 0.2) is 6.10 Å². The largest absolute Gasteiger partial charge is 0.353 e. The van der Waals surface area contributed by atoms with E-state index in [4.69, 9.17) is 4.74 Å². The van der Waals surface area contributed by atoms with Gasteiger partial charge in [-0.2, -0.15) is 0 Å². The van der Waals surface area contributed by atoms with Crippen molar-refractivity contribution in [1.29, 1.82) is 0 Å². The molecule has 1 aliphatic heterocycles. The molecule has 1 fully saturated rings. The molecule has 1 aromatic rings. The molecule has 2 atom stereocenters. The van der Waals surface area contributed by atoms with Gasteiger partial charge in [0.25, 0.3) is 0 Å². The van der Waals surface area contributed by atoms with E-state index in [0.29, 0.717) is 0 Å². The normalized spacial score (nSPS) is 28.9. The minimum atomic E-state index is -1.71. The first-order valence-corrected chi connectivity index (χ1v) is 4.23. The van der Waals surface area contributed by atoms with Crippen molar-refractivity contribution in [2.75, 3.05) is 0 Å². The topological polar surface area (TPSA) is 55.7 Å². The van der Waals surface area contributed by atoms with Gasteiger partial charge in [-0.1, -0.05) is 6.07 Å². The minimum absolute atomic E-state index is 0.378. The zero-order valence-electron chi connectivity index (χ0n) is 7.74. The number of hydrogen-bond donors (Lipinski definition) is 0. The van der Waals surface area contributed by atoms with Gasteiger partial charge in [-0.25, -0.2) is 8.78 Å². The lowest BCUT2D eigenvalue weighted by Gasteiger charge is -2.00. The predicted octanol–water partition coefficient (Wildman–Crippen LogP) is 2.03. The summed E-state index contributed by atoms with van der Waals surface area (Å²) in [6.07, 6.45) is -1.14. The second-order valence-corrected chi connectivity index (χ2v) is 3.44. The van der Waals surface area contributed by atoms with Gasteiger partial charge in [0.2, 0.25) is 0 Å². The van der Waals surface area contributed by atoms with E-state index in [1.54, 1.807) is 0 Å². The Morgan fingerprint density at radius 3 is 2.40 bits per heavy atom. The maximum Gasteiger partial charge on any atom is 0.353 e. The Morgan fingerprint density at radius 1 is 1.47 bits per heavy atom. The highest BCUT2D eigenvalue weighted by Crippen LogP contribution is 2.50. The van der Waals surface area contributed by atoms with E-state index in [9.17, 15) is 18.9 Å². The lowest BCUT2D eigenvalue weighted by Crippen LogP contribution is -2.19. The fraction of sp³-hybridized carbons (Fsp3) is 0.333. The van der Waals surface area contributed by atoms with Crippen LogP contribution in [-0.4, -0.2) is 10.6 Å². The monoisotopic (exact) mass is 215 g/mol. The SMILES string of the molecule is C[C@]1([N+](=O)[O-])O[C@H]1c1c(F)cccc1F. The fourth-order valence-electron chi connectivity index (χ4n) is 1.43. The van der Waals surface area contributed by atoms with Crippen LogP contribution in [0.25, 0.3) is 0 Å². The maximum absolute atomic E-state index is 13.2. The number of hydrogen-bond acceptors (Lipinski definition) is 3. The van der Waals surface area contributed by atoms with Crippen molar-refractivity contribution in [2.24, 2.45) is 0 Å². The molecule has 80 valence electrons. The molecule has 0 saturated carbocycles. The van der Waals surface area contributed by atoms with Crippen molar-refractivity contribution in [3.63, 3.8) is 0 Å². The Labute approximate surface area is 83.6 Å². The summed E-state index contributed by atoms with van der Waals surface area (Å²) in [5.74, 6) is -1.66. The van der Waals surface area contributed by atoms with Gasteiger partial charge in [0.1, 0.15) is 11.6 Å². The summed E-state index contributed by atoms with van der Waals surface area (Å²) in [7, 11) is 0. The number of ether oxygens (including phenoxy) is 1. The third kappa shape index (κ3) is 1.37. The van der Waals surface area contributed by atoms with E-state index < -0.39 is 28.4 Å². The second kappa shape index (κ2) is 2.96. The van der Waals surface area contributed by atoms with Crippen LogP contribution in [0.3, 0.4) is 0 Å². The molecule has 2 rings (SSSR count). The molecule has 0 spiro atoms. The Kier molecular flexibility index (Phi) is 1.97. The fourth-order valence-corrected chi connectivity index (χ4v) is 1.43. The van der Waals surface area contributed by atoms with Crippen molar-refractivity contribution in [3.05, 3.63) is 45.5 Å². The summed E-state index contributed by atoms with van der Waals surface area (Å²) in [6.45, 7) is 1.18. The molecule has 15 heavy (non-hydrogen) atoms. The molecular weight excluding hydrogens is 208 g/mol. The van der Waals surface area contributed by atoms with Crippen LogP contribution in [0, 0.1) is 21.7 Å². The summed E-state index contributed by atoms with van der Waals surface area (Å²) >= 11 is 0. The zero-order valence-corrected chi connectivity index (χ0v) is 7.74. The summed E-state index contributed by atoms with van der Waals surface area (Å²) in [5, 5.41) is 10.5. The highest BCUT2D eigenvalue weighted by atomic mass is 19.1. The molecule has 0 bridgehead atoms. The summed E-state index contributed by atoms with van der Waals surface area (Å²) in [4.78, 5) is 9.83. The van der Waals surface area contributed by atoms with Crippen LogP contribution in [0.1, 0.15) is 18.6 Å². The molecule has 6 heteroatoms. The minimum Gasteiger partial charge on any atom is -0.294 e. The van der Waals surface area contributed by atoms with Crippen LogP contribution >= 0.6 is 0 Å². The van der Waals surface area contributed by atoms with Crippen molar-refractivity contribution in [1.82, 2.24) is 0 Å². The van der Waals surface area contributed by atoms with E-state index in [1.165, 1.54) is 13.0 Å². The zero-order chi connectivity index (χ0) is 11.2. The molecule has 0 aliphatic carbocycles. The summed E-state index contributed by atoms with van der Waals surface area (Å²) in [5.41, 5.74) is -2.08. The smallest absolute Gasteiger partial charge is 0.294 e. The van der Waals surface area contributed by atoms with E-state index in [1.807, 2.05) is 0 Å². The molecule has 1 heterocycles. The van der Waals surface area contributed by atoms with Crippen LogP contribution in [0.5, 0.6) is 0 Å². The molecule has 0 amide bonds. The molecule has 0 radical (unpaired) electrons. The highest BCUT2D eigenvalue weighted by Gasteiger charge is 2.67. The van der Waals surface area contributed by atoms with Crippen molar-refractivity contribution >= 4 is 0 Å². The molecule has 0 aromatic heterocycles. The van der Waals surface area contributed by atoms with E-state index in [0.717, 1.165) is 12.1 Å². The van der Waals surface area contributed by atoms with Gasteiger partial charge < -0.3 is 0 Å². The lowest BCUT2D eigenvalue weighted by atomic mass is 10.1. The number of epoxide rings is 1. The second-order valence-electron chi connectivity index (χ2n) is 3.44. The van der Waals surface area contributed by atoms with Gasteiger partial charge in [0, 0.05) is 6.92 Å². The first kappa shape index (κ1) is 9.97. The molecular formula is C9H7F2NO3. The number of nitrogens with zero attached hydrogens (tertiary/aromatic N) is 1. The first-order chi connectivity index (χ1) is 6.97. The Morgan fingerprint density at radius 2 is 2.00 bits per heavy atom. The van der Waals surface area contributed by atoms with Crippen molar-refractivity contribution in [3.8, 4) is 0 Å². The molecule has 1 aromatic carbocycles. The number of rotatable bonds is 2. The van der Waals surface area contributed by atoms with Gasteiger partial charge in [-0.3, -0.25) is 14.9 Å². The van der Waals surface area contributed by atoms with Gasteiger partial charge in [-0.15, -0.1) is 0 Å². The van der Waals surface area contributed by atoms with E-state index >= 15 is 0 Å². The quantitative estimate of drug-likeness (QED) is 0.431. The number of halogens is 2. The van der Waals surface area contributed by atoms with Gasteiger partial charge in [-0.05, 0) is 12.1 Å². The molecule has 0 N–H and O–H groups in total. The summed E-state index contributed by atoms with van der Waals surface area (Å²) in [6, 6.07) is 3.28. The van der Waals surface area contributed by atoms with Crippen LogP contribution in [-0.2, 0) is 4.74 Å². The number of benzene rings is 1. The average molecular weight is 215 g/mol. The standard InChI is InChI=1S/C9H7F2NO3/c1-9(12(13)14)8(15-9)7-5(10)3-2-4-6(7)11/h2-4,8H,1H3/t8-,9-/m0/s1. The third-order valence-corrected chi connectivity index (χ3v) is 2.41. The van der Waals surface area contributed by atoms with E-state index in [-0.39, 0.29) is 5.56 Å². The Hall–Kier alpha value is -1.56. The Balaban J connectivity index is 2.39. The van der Waals surface area contributed by atoms with Crippen LogP contribution in [0.15, 0.2) is 18.2 Å². The number of nitro groups is 1. The van der Waals surface area contributed by atoms with Gasteiger partial charge >= 0.3 is 5.72 Å². The van der Waals surface area contributed by atoms with Crippen molar-refractivity contribution in [2.45, 2.75) is 18.8 Å². The predicted molar refractivity (Wildman–Crippen MR) is 45.6 cm³/mol. The first-order valence-electron chi connectivity index (χ1n) is 4.23. The van der Waals surface area contributed by atoms with Crippen molar-refractivity contribution < 1.29 is 18.4 Å². The van der Waals surface area contributed by atoms with E-state index in [2.05, 4.69) is 0 Å².